The minimum absolute atomic E-state index is 0.00245. The van der Waals surface area contributed by atoms with Crippen LogP contribution in [-0.2, 0) is 65.6 Å². The predicted octanol–water partition coefficient (Wildman–Crippen LogP) is -6.39. The van der Waals surface area contributed by atoms with E-state index in [4.69, 9.17) is 11.5 Å². The third-order valence-corrected chi connectivity index (χ3v) is 9.78. The highest BCUT2D eigenvalue weighted by Crippen LogP contribution is 2.13. The van der Waals surface area contributed by atoms with E-state index in [9.17, 15) is 78.3 Å². The summed E-state index contributed by atoms with van der Waals surface area (Å²) in [6, 6.07) is -7.46. The van der Waals surface area contributed by atoms with Gasteiger partial charge in [-0.15, -0.1) is 0 Å². The molecule has 28 nitrogen and oxygen atoms in total. The van der Waals surface area contributed by atoms with E-state index in [1.165, 1.54) is 36.8 Å². The van der Waals surface area contributed by atoms with Gasteiger partial charge in [0.25, 0.3) is 0 Å². The summed E-state index contributed by atoms with van der Waals surface area (Å²) in [4.78, 5) is 147. The highest BCUT2D eigenvalue weighted by atomic mass is 16.4. The maximum absolute atomic E-state index is 13.7. The first kappa shape index (κ1) is 57.4. The second kappa shape index (κ2) is 27.8. The Morgan fingerprint density at radius 3 is 1.77 bits per heavy atom. The predicted molar refractivity (Wildman–Crippen MR) is 236 cm³/mol. The lowest BCUT2D eigenvalue weighted by atomic mass is 10.0. The van der Waals surface area contributed by atoms with E-state index < -0.39 is 146 Å². The number of imidazole rings is 1. The van der Waals surface area contributed by atoms with Gasteiger partial charge in [0.15, 0.2) is 0 Å². The number of carbonyl (C=O) groups is 11. The number of aromatic nitrogens is 2. The monoisotopic (exact) mass is 976 g/mol. The quantitative estimate of drug-likeness (QED) is 0.0360. The Balaban J connectivity index is 2.16. The number of nitrogens with one attached hydrogen (secondary N) is 9. The number of hydrogen-bond donors (Lipinski definition) is 16. The molecule has 9 atom stereocenters. The molecule has 1 aromatic heterocycles. The summed E-state index contributed by atoms with van der Waals surface area (Å²) in [5.41, 5.74) is 12.3. The molecule has 0 radical (unpaired) electrons. The molecule has 0 spiro atoms. The number of aliphatic hydroxyl groups is 2. The van der Waals surface area contributed by atoms with Gasteiger partial charge in [0.1, 0.15) is 48.0 Å². The van der Waals surface area contributed by atoms with Crippen LogP contribution in [-0.4, -0.2) is 168 Å². The molecule has 0 fully saturated rings. The number of aromatic hydroxyl groups is 1. The Kier molecular flexibility index (Phi) is 23.1. The molecule has 0 unspecified atom stereocenters. The normalized spacial score (nSPS) is 14.9. The molecular weight excluding hydrogens is 917 g/mol. The van der Waals surface area contributed by atoms with E-state index in [-0.39, 0.29) is 30.9 Å². The van der Waals surface area contributed by atoms with Crippen LogP contribution in [0.4, 0.5) is 0 Å². The van der Waals surface area contributed by atoms with Gasteiger partial charge in [-0.25, -0.2) is 9.78 Å². The second-order valence-corrected chi connectivity index (χ2v) is 16.2. The van der Waals surface area contributed by atoms with Crippen LogP contribution in [0.5, 0.6) is 5.75 Å². The number of benzene rings is 1. The van der Waals surface area contributed by atoms with Gasteiger partial charge in [-0.1, -0.05) is 26.0 Å². The van der Waals surface area contributed by atoms with Gasteiger partial charge in [0.05, 0.1) is 44.5 Å². The Bertz CT molecular complexity index is 2140. The van der Waals surface area contributed by atoms with Gasteiger partial charge in [0.2, 0.25) is 53.2 Å². The molecule has 0 aliphatic carbocycles. The number of H-pyrrole nitrogens is 1. The molecular formula is C41H60N12O16. The summed E-state index contributed by atoms with van der Waals surface area (Å²) in [5, 5.41) is 66.4. The fourth-order valence-corrected chi connectivity index (χ4v) is 6.17. The SMILES string of the molecule is CC(C)C[C@H](NC(=O)CNC(=O)[C@H](CC(=O)O)NC(=O)[C@H](CO)NC(=O)[C@H](C)NC(=O)[C@H](CC(N)=O)NC(=O)[C@@H](NC(=O)[C@H](Cc1ccc(O)cc1)NC(=O)[C@@H](N)Cc1cnc[nH]1)[C@@H](C)O)C(=O)O. The molecule has 18 N–H and O–H groups in total. The van der Waals surface area contributed by atoms with Crippen LogP contribution in [0.15, 0.2) is 36.8 Å². The topological polar surface area (TPSA) is 466 Å². The van der Waals surface area contributed by atoms with Gasteiger partial charge in [-0.3, -0.25) is 47.9 Å². The second-order valence-electron chi connectivity index (χ2n) is 16.2. The molecule has 28 heteroatoms. The van der Waals surface area contributed by atoms with Crippen LogP contribution in [0.3, 0.4) is 0 Å². The molecule has 0 aliphatic rings. The standard InChI is InChI=1S/C41H60N12O16/c1-18(2)9-28(41(68)69)48-31(58)15-45-36(63)27(13-32(59)60)50-39(66)29(16-54)52-34(61)19(3)47-37(64)26(12-30(43)57)51-40(67)33(20(4)55)53-38(65)25(10-21-5-7-23(56)8-6-21)49-35(62)24(42)11-22-14-44-17-46-22/h5-8,14,17-20,24-29,33,54-56H,9-13,15-16,42H2,1-4H3,(H2,43,57)(H,44,46)(H,45,63)(H,47,64)(H,48,58)(H,49,62)(H,50,66)(H,51,67)(H,52,61)(H,53,65)(H,59,60)(H,68,69)/t19-,20+,24-,25-,26-,27-,28-,29-,33-/m0/s1. The molecule has 1 heterocycles. The number of rotatable bonds is 29. The van der Waals surface area contributed by atoms with Crippen LogP contribution >= 0.6 is 0 Å². The van der Waals surface area contributed by atoms with Gasteiger partial charge in [0, 0.05) is 24.7 Å². The molecule has 0 aliphatic heterocycles. The number of nitrogens with zero attached hydrogens (tertiary/aromatic N) is 1. The maximum Gasteiger partial charge on any atom is 0.326 e. The van der Waals surface area contributed by atoms with Gasteiger partial charge < -0.3 is 84.5 Å². The number of phenols is 1. The van der Waals surface area contributed by atoms with Crippen LogP contribution in [0.2, 0.25) is 0 Å². The molecule has 9 amide bonds. The van der Waals surface area contributed by atoms with E-state index >= 15 is 0 Å². The lowest BCUT2D eigenvalue weighted by Gasteiger charge is -2.27. The van der Waals surface area contributed by atoms with E-state index in [1.807, 2.05) is 5.32 Å². The summed E-state index contributed by atoms with van der Waals surface area (Å²) in [7, 11) is 0. The van der Waals surface area contributed by atoms with Crippen LogP contribution in [0.1, 0.15) is 58.2 Å². The van der Waals surface area contributed by atoms with Crippen molar-refractivity contribution in [2.75, 3.05) is 13.2 Å². The van der Waals surface area contributed by atoms with E-state index in [2.05, 4.69) is 47.2 Å². The van der Waals surface area contributed by atoms with Crippen LogP contribution < -0.4 is 54.0 Å². The highest BCUT2D eigenvalue weighted by molar-refractivity contribution is 5.99. The average Bonchev–Trinajstić information content (AvgIpc) is 3.78. The van der Waals surface area contributed by atoms with Gasteiger partial charge >= 0.3 is 11.9 Å². The summed E-state index contributed by atoms with van der Waals surface area (Å²) >= 11 is 0. The Morgan fingerprint density at radius 2 is 1.23 bits per heavy atom. The summed E-state index contributed by atoms with van der Waals surface area (Å²) < 4.78 is 0. The summed E-state index contributed by atoms with van der Waals surface area (Å²) in [5.74, 6) is -13.2. The van der Waals surface area contributed by atoms with Crippen molar-refractivity contribution in [3.8, 4) is 5.75 Å². The number of carbonyl (C=O) groups excluding carboxylic acids is 9. The van der Waals surface area contributed by atoms with Crippen LogP contribution in [0.25, 0.3) is 0 Å². The minimum atomic E-state index is -1.89. The molecule has 380 valence electrons. The third-order valence-electron chi connectivity index (χ3n) is 9.78. The number of hydrogen-bond acceptors (Lipinski definition) is 16. The number of aliphatic carboxylic acids is 2. The lowest BCUT2D eigenvalue weighted by molar-refractivity contribution is -0.143. The van der Waals surface area contributed by atoms with Crippen molar-refractivity contribution in [2.24, 2.45) is 17.4 Å². The lowest BCUT2D eigenvalue weighted by Crippen LogP contribution is -2.62. The first-order valence-electron chi connectivity index (χ1n) is 21.2. The number of aliphatic hydroxyl groups excluding tert-OH is 2. The van der Waals surface area contributed by atoms with Gasteiger partial charge in [-0.2, -0.15) is 0 Å². The first-order valence-corrected chi connectivity index (χ1v) is 21.2. The van der Waals surface area contributed by atoms with Crippen molar-refractivity contribution in [3.63, 3.8) is 0 Å². The van der Waals surface area contributed by atoms with Crippen molar-refractivity contribution >= 4 is 65.1 Å². The largest absolute Gasteiger partial charge is 0.508 e. The molecule has 2 aromatic rings. The smallest absolute Gasteiger partial charge is 0.326 e. The van der Waals surface area contributed by atoms with E-state index in [0.29, 0.717) is 11.3 Å². The van der Waals surface area contributed by atoms with Crippen LogP contribution in [0, 0.1) is 5.92 Å². The van der Waals surface area contributed by atoms with Crippen molar-refractivity contribution < 1.29 is 78.3 Å². The van der Waals surface area contributed by atoms with Crippen molar-refractivity contribution in [3.05, 3.63) is 48.0 Å². The summed E-state index contributed by atoms with van der Waals surface area (Å²) in [6.07, 6.45) is -0.966. The zero-order chi connectivity index (χ0) is 52.1. The first-order chi connectivity index (χ1) is 32.3. The fraction of sp³-hybridized carbons (Fsp3) is 0.512. The number of carboxylic acids is 2. The molecule has 2 rings (SSSR count). The van der Waals surface area contributed by atoms with Crippen molar-refractivity contribution in [2.45, 2.75) is 114 Å². The van der Waals surface area contributed by atoms with Crippen molar-refractivity contribution in [1.29, 1.82) is 0 Å². The highest BCUT2D eigenvalue weighted by Gasteiger charge is 2.35. The van der Waals surface area contributed by atoms with E-state index in [0.717, 1.165) is 13.8 Å². The molecule has 1 aromatic carbocycles. The molecule has 69 heavy (non-hydrogen) atoms. The fourth-order valence-electron chi connectivity index (χ4n) is 6.17. The summed E-state index contributed by atoms with van der Waals surface area (Å²) in [6.45, 7) is 3.64. The Morgan fingerprint density at radius 1 is 0.667 bits per heavy atom. The average molecular weight is 977 g/mol. The number of carboxylic acid groups (broad SMARTS) is 2. The Labute approximate surface area is 393 Å². The van der Waals surface area contributed by atoms with E-state index in [1.54, 1.807) is 13.8 Å². The molecule has 0 saturated heterocycles. The third kappa shape index (κ3) is 20.4. The maximum atomic E-state index is 13.7. The number of amides is 9. The molecule has 0 saturated carbocycles. The van der Waals surface area contributed by atoms with Crippen molar-refractivity contribution in [1.82, 2.24) is 52.5 Å². The molecule has 0 bridgehead atoms. The zero-order valence-corrected chi connectivity index (χ0v) is 38.0. The zero-order valence-electron chi connectivity index (χ0n) is 38.0. The number of aromatic amines is 1. The minimum Gasteiger partial charge on any atom is -0.508 e. The number of nitrogens with two attached hydrogens (primary N) is 2. The Hall–Kier alpha value is -7.72. The number of phenolic OH excluding ortho intramolecular Hbond substituents is 1. The number of primary amides is 1. The van der Waals surface area contributed by atoms with Gasteiger partial charge in [-0.05, 0) is 43.9 Å².